The molecule has 2 fully saturated rings. The predicted molar refractivity (Wildman–Crippen MR) is 112 cm³/mol. The Labute approximate surface area is 187 Å². The highest BCUT2D eigenvalue weighted by atomic mass is 16.6. The van der Waals surface area contributed by atoms with Crippen LogP contribution in [0.2, 0.25) is 0 Å². The van der Waals surface area contributed by atoms with E-state index in [4.69, 9.17) is 18.6 Å². The lowest BCUT2D eigenvalue weighted by atomic mass is 9.85. The summed E-state index contributed by atoms with van der Waals surface area (Å²) in [5, 5.41) is 30.9. The first kappa shape index (κ1) is 24.7. The largest absolute Gasteiger partial charge is 0.467 e. The van der Waals surface area contributed by atoms with Crippen molar-refractivity contribution in [3.63, 3.8) is 0 Å². The highest BCUT2D eigenvalue weighted by molar-refractivity contribution is 5.89. The van der Waals surface area contributed by atoms with Crippen LogP contribution in [0.25, 0.3) is 6.08 Å². The summed E-state index contributed by atoms with van der Waals surface area (Å²) in [5.74, 6) is -0.796. The van der Waals surface area contributed by atoms with Crippen molar-refractivity contribution in [3.8, 4) is 5.95 Å². The third-order valence-corrected chi connectivity index (χ3v) is 6.24. The second kappa shape index (κ2) is 10.3. The number of methoxy groups -OCH3 is 2. The summed E-state index contributed by atoms with van der Waals surface area (Å²) in [7, 11) is 2.60. The van der Waals surface area contributed by atoms with Gasteiger partial charge in [0.25, 0.3) is 0 Å². The fraction of sp³-hybridized carbons (Fsp3) is 0.727. The minimum atomic E-state index is -1.06. The van der Waals surface area contributed by atoms with E-state index in [-0.39, 0.29) is 41.6 Å². The Bertz CT molecular complexity index is 820. The molecular formula is C22H33NO9. The minimum absolute atomic E-state index is 0.0145. The molecule has 8 atom stereocenters. The molecule has 3 N–H and O–H groups in total. The average Bonchev–Trinajstić information content (AvgIpc) is 3.41. The van der Waals surface area contributed by atoms with E-state index >= 15 is 0 Å². The number of carbonyl (C=O) groups is 1. The van der Waals surface area contributed by atoms with E-state index < -0.39 is 30.4 Å². The van der Waals surface area contributed by atoms with Crippen LogP contribution in [0.5, 0.6) is 5.95 Å². The van der Waals surface area contributed by atoms with Crippen molar-refractivity contribution in [1.29, 1.82) is 0 Å². The maximum Gasteiger partial charge on any atom is 0.364 e. The van der Waals surface area contributed by atoms with Crippen molar-refractivity contribution in [2.75, 3.05) is 20.8 Å². The van der Waals surface area contributed by atoms with E-state index in [1.165, 1.54) is 14.2 Å². The number of carbonyl (C=O) groups excluding carboxylic acids is 1. The topological polar surface area (TPSA) is 144 Å². The number of esters is 1. The van der Waals surface area contributed by atoms with Crippen LogP contribution in [0.4, 0.5) is 0 Å². The van der Waals surface area contributed by atoms with E-state index in [0.29, 0.717) is 19.4 Å². The van der Waals surface area contributed by atoms with Crippen LogP contribution < -0.4 is 4.74 Å². The molecule has 0 unspecified atom stereocenters. The van der Waals surface area contributed by atoms with Gasteiger partial charge in [-0.2, -0.15) is 4.98 Å². The Hall–Kier alpha value is -1.98. The van der Waals surface area contributed by atoms with Crippen LogP contribution in [0.1, 0.15) is 50.0 Å². The lowest BCUT2D eigenvalue weighted by molar-refractivity contribution is -0.165. The molecule has 0 aromatic carbocycles. The number of ether oxygens (including phenoxy) is 4. The van der Waals surface area contributed by atoms with Gasteiger partial charge in [-0.3, -0.25) is 0 Å². The lowest BCUT2D eigenvalue weighted by Crippen LogP contribution is -2.50. The Morgan fingerprint density at radius 1 is 1.25 bits per heavy atom. The summed E-state index contributed by atoms with van der Waals surface area (Å²) in [6, 6.07) is 0. The van der Waals surface area contributed by atoms with Crippen molar-refractivity contribution in [2.24, 2.45) is 11.8 Å². The number of nitrogens with zero attached hydrogens (tertiary/aromatic N) is 1. The molecule has 10 heteroatoms. The Balaban J connectivity index is 1.56. The smallest absolute Gasteiger partial charge is 0.364 e. The van der Waals surface area contributed by atoms with Gasteiger partial charge in [0, 0.05) is 11.8 Å². The van der Waals surface area contributed by atoms with Crippen LogP contribution in [0.3, 0.4) is 0 Å². The van der Waals surface area contributed by atoms with Gasteiger partial charge in [-0.1, -0.05) is 12.5 Å². The van der Waals surface area contributed by atoms with Gasteiger partial charge >= 0.3 is 11.9 Å². The maximum absolute atomic E-state index is 11.7. The molecule has 2 aliphatic rings. The molecule has 3 heterocycles. The van der Waals surface area contributed by atoms with E-state index in [1.807, 2.05) is 13.8 Å². The molecule has 1 aromatic rings. The summed E-state index contributed by atoms with van der Waals surface area (Å²) in [5.41, 5.74) is 0.711. The SMILES string of the molecule is COC(=O)c1nc(/C=C(\C)C[C@@H]2OC[C@H](C[C@@H]3O[C@H]3[C@@H](C)[C@H](C)O)[C@@H](O)[C@H]2O)oc1OC. The number of aliphatic hydroxyl groups is 3. The second-order valence-corrected chi connectivity index (χ2v) is 8.67. The lowest BCUT2D eigenvalue weighted by Gasteiger charge is -2.38. The molecule has 3 rings (SSSR count). The number of hydrogen-bond donors (Lipinski definition) is 3. The second-order valence-electron chi connectivity index (χ2n) is 8.67. The van der Waals surface area contributed by atoms with Gasteiger partial charge < -0.3 is 38.7 Å². The van der Waals surface area contributed by atoms with Gasteiger partial charge in [-0.15, -0.1) is 0 Å². The molecule has 1 aromatic heterocycles. The van der Waals surface area contributed by atoms with Gasteiger partial charge in [-0.05, 0) is 32.8 Å². The first-order valence-electron chi connectivity index (χ1n) is 10.8. The molecule has 0 bridgehead atoms. The third-order valence-electron chi connectivity index (χ3n) is 6.24. The molecule has 0 radical (unpaired) electrons. The molecule has 0 amide bonds. The van der Waals surface area contributed by atoms with E-state index in [2.05, 4.69) is 9.72 Å². The summed E-state index contributed by atoms with van der Waals surface area (Å²) in [6.07, 6.45) is -0.625. The Morgan fingerprint density at radius 3 is 2.59 bits per heavy atom. The van der Waals surface area contributed by atoms with Crippen molar-refractivity contribution in [3.05, 3.63) is 17.2 Å². The minimum Gasteiger partial charge on any atom is -0.467 e. The fourth-order valence-electron chi connectivity index (χ4n) is 4.05. The highest BCUT2D eigenvalue weighted by Crippen LogP contribution is 2.38. The maximum atomic E-state index is 11.7. The van der Waals surface area contributed by atoms with Crippen molar-refractivity contribution < 1.29 is 43.5 Å². The van der Waals surface area contributed by atoms with Gasteiger partial charge in [0.15, 0.2) is 0 Å². The standard InChI is InChI=1S/C22H33NO9/c1-10(7-16-23-17(21(27)28-4)22(29-5)32-16)6-14-19(26)18(25)13(9-30-14)8-15-20(31-15)11(2)12(3)24/h7,11-15,18-20,24-26H,6,8-9H2,1-5H3/b10-7+/t11-,12-,13-,14-,15-,18+,19-,20-/m0/s1. The number of aliphatic hydroxyl groups excluding tert-OH is 3. The first-order chi connectivity index (χ1) is 15.2. The van der Waals surface area contributed by atoms with Crippen LogP contribution in [0.15, 0.2) is 9.99 Å². The molecule has 0 saturated carbocycles. The molecule has 0 aliphatic carbocycles. The number of rotatable bonds is 9. The molecule has 2 aliphatic heterocycles. The highest BCUT2D eigenvalue weighted by Gasteiger charge is 2.48. The van der Waals surface area contributed by atoms with Crippen LogP contribution >= 0.6 is 0 Å². The van der Waals surface area contributed by atoms with E-state index in [1.54, 1.807) is 13.0 Å². The number of hydrogen-bond acceptors (Lipinski definition) is 10. The monoisotopic (exact) mass is 455 g/mol. The number of oxazole rings is 1. The number of aromatic nitrogens is 1. The predicted octanol–water partition coefficient (Wildman–Crippen LogP) is 1.17. The molecule has 180 valence electrons. The van der Waals surface area contributed by atoms with Gasteiger partial charge in [-0.25, -0.2) is 4.79 Å². The molecule has 2 saturated heterocycles. The van der Waals surface area contributed by atoms with Crippen LogP contribution in [-0.4, -0.2) is 83.7 Å². The van der Waals surface area contributed by atoms with Gasteiger partial charge in [0.05, 0.1) is 51.3 Å². The van der Waals surface area contributed by atoms with E-state index in [0.717, 1.165) is 5.57 Å². The average molecular weight is 456 g/mol. The molecule has 0 spiro atoms. The zero-order chi connectivity index (χ0) is 23.6. The van der Waals surface area contributed by atoms with E-state index in [9.17, 15) is 20.1 Å². The van der Waals surface area contributed by atoms with Gasteiger partial charge in [0.1, 0.15) is 6.10 Å². The summed E-state index contributed by atoms with van der Waals surface area (Å²) in [4.78, 5) is 15.8. The zero-order valence-corrected chi connectivity index (χ0v) is 19.1. The first-order valence-corrected chi connectivity index (χ1v) is 10.8. The Kier molecular flexibility index (Phi) is 7.94. The number of epoxide rings is 1. The summed E-state index contributed by atoms with van der Waals surface area (Å²) in [6.45, 7) is 5.77. The summed E-state index contributed by atoms with van der Waals surface area (Å²) >= 11 is 0. The fourth-order valence-corrected chi connectivity index (χ4v) is 4.05. The quantitative estimate of drug-likeness (QED) is 0.367. The third kappa shape index (κ3) is 5.49. The van der Waals surface area contributed by atoms with Crippen LogP contribution in [0, 0.1) is 11.8 Å². The van der Waals surface area contributed by atoms with Crippen molar-refractivity contribution >= 4 is 12.0 Å². The van der Waals surface area contributed by atoms with Crippen LogP contribution in [-0.2, 0) is 14.2 Å². The Morgan fingerprint density at radius 2 is 1.97 bits per heavy atom. The zero-order valence-electron chi connectivity index (χ0n) is 19.1. The summed E-state index contributed by atoms with van der Waals surface area (Å²) < 4.78 is 26.6. The molecule has 10 nitrogen and oxygen atoms in total. The van der Waals surface area contributed by atoms with Crippen molar-refractivity contribution in [1.82, 2.24) is 4.98 Å². The molecular weight excluding hydrogens is 422 g/mol. The van der Waals surface area contributed by atoms with Crippen molar-refractivity contribution in [2.45, 2.75) is 70.2 Å². The normalized spacial score (nSPS) is 32.3. The molecule has 32 heavy (non-hydrogen) atoms. The van der Waals surface area contributed by atoms with Gasteiger partial charge in [0.2, 0.25) is 11.6 Å².